The molecular formula is C15H22N4O2. The number of hydrogen-bond acceptors (Lipinski definition) is 3. The van der Waals surface area contributed by atoms with Gasteiger partial charge in [-0.1, -0.05) is 29.8 Å². The van der Waals surface area contributed by atoms with Gasteiger partial charge < -0.3 is 21.7 Å². The first-order valence-electron chi connectivity index (χ1n) is 7.14. The van der Waals surface area contributed by atoms with E-state index in [2.05, 4.69) is 5.32 Å². The fourth-order valence-corrected chi connectivity index (χ4v) is 2.56. The van der Waals surface area contributed by atoms with Gasteiger partial charge in [-0.25, -0.2) is 4.79 Å². The first-order valence-corrected chi connectivity index (χ1v) is 7.14. The monoisotopic (exact) mass is 290 g/mol. The summed E-state index contributed by atoms with van der Waals surface area (Å²) in [5.41, 5.74) is 13.1. The molecule has 1 atom stereocenters. The van der Waals surface area contributed by atoms with E-state index >= 15 is 0 Å². The Bertz CT molecular complexity index is 507. The molecular weight excluding hydrogens is 268 g/mol. The number of likely N-dealkylation sites (tertiary alicyclic amines) is 1. The normalized spacial score (nSPS) is 17.3. The van der Waals surface area contributed by atoms with Gasteiger partial charge in [0.05, 0.1) is 0 Å². The molecule has 5 N–H and O–H groups in total. The molecule has 6 nitrogen and oxygen atoms in total. The van der Waals surface area contributed by atoms with Crippen LogP contribution in [-0.2, 0) is 4.79 Å². The number of rotatable bonds is 3. The van der Waals surface area contributed by atoms with Crippen molar-refractivity contribution in [3.8, 4) is 0 Å². The summed E-state index contributed by atoms with van der Waals surface area (Å²) < 4.78 is 0. The molecule has 114 valence electrons. The van der Waals surface area contributed by atoms with Gasteiger partial charge in [0.2, 0.25) is 5.91 Å². The highest BCUT2D eigenvalue weighted by molar-refractivity contribution is 5.83. The molecule has 2 rings (SSSR count). The second-order valence-corrected chi connectivity index (χ2v) is 5.50. The van der Waals surface area contributed by atoms with Gasteiger partial charge in [-0.05, 0) is 25.3 Å². The summed E-state index contributed by atoms with van der Waals surface area (Å²) in [5, 5.41) is 2.68. The van der Waals surface area contributed by atoms with Crippen LogP contribution in [0, 0.1) is 6.92 Å². The molecule has 1 aliphatic rings. The average Bonchev–Trinajstić information content (AvgIpc) is 2.47. The van der Waals surface area contributed by atoms with Crippen molar-refractivity contribution in [1.29, 1.82) is 0 Å². The lowest BCUT2D eigenvalue weighted by molar-refractivity contribution is -0.133. The third-order valence-electron chi connectivity index (χ3n) is 3.86. The maximum atomic E-state index is 12.4. The van der Waals surface area contributed by atoms with Gasteiger partial charge in [-0.15, -0.1) is 0 Å². The summed E-state index contributed by atoms with van der Waals surface area (Å²) in [5.74, 6) is -0.0728. The van der Waals surface area contributed by atoms with Gasteiger partial charge in [-0.3, -0.25) is 4.79 Å². The topological polar surface area (TPSA) is 101 Å². The first-order chi connectivity index (χ1) is 9.97. The number of nitrogens with zero attached hydrogens (tertiary/aromatic N) is 1. The molecule has 1 heterocycles. The van der Waals surface area contributed by atoms with Crippen LogP contribution >= 0.6 is 0 Å². The lowest BCUT2D eigenvalue weighted by atomic mass is 10.0. The molecule has 0 aromatic heterocycles. The van der Waals surface area contributed by atoms with Crippen molar-refractivity contribution in [3.05, 3.63) is 35.4 Å². The van der Waals surface area contributed by atoms with Crippen LogP contribution < -0.4 is 16.8 Å². The van der Waals surface area contributed by atoms with E-state index in [9.17, 15) is 9.59 Å². The highest BCUT2D eigenvalue weighted by Crippen LogP contribution is 2.18. The fraction of sp³-hybridized carbons (Fsp3) is 0.467. The molecule has 0 saturated carbocycles. The second-order valence-electron chi connectivity index (χ2n) is 5.50. The number of carbonyl (C=O) groups is 2. The molecule has 0 spiro atoms. The number of aryl methyl sites for hydroxylation is 1. The lowest BCUT2D eigenvalue weighted by Crippen LogP contribution is -2.49. The highest BCUT2D eigenvalue weighted by Gasteiger charge is 2.27. The molecule has 0 radical (unpaired) electrons. The fourth-order valence-electron chi connectivity index (χ4n) is 2.56. The summed E-state index contributed by atoms with van der Waals surface area (Å²) in [6.45, 7) is 3.17. The molecule has 1 aliphatic heterocycles. The zero-order valence-corrected chi connectivity index (χ0v) is 12.2. The number of amides is 3. The van der Waals surface area contributed by atoms with Crippen molar-refractivity contribution in [1.82, 2.24) is 10.2 Å². The second kappa shape index (κ2) is 6.58. The highest BCUT2D eigenvalue weighted by atomic mass is 16.2. The maximum absolute atomic E-state index is 12.4. The van der Waals surface area contributed by atoms with Crippen LogP contribution in [0.3, 0.4) is 0 Å². The molecule has 0 bridgehead atoms. The Kier molecular flexibility index (Phi) is 4.80. The summed E-state index contributed by atoms with van der Waals surface area (Å²) in [7, 11) is 0. The molecule has 1 unspecified atom stereocenters. The molecule has 1 fully saturated rings. The summed E-state index contributed by atoms with van der Waals surface area (Å²) in [6, 6.07) is 6.57. The smallest absolute Gasteiger partial charge is 0.312 e. The lowest BCUT2D eigenvalue weighted by Gasteiger charge is -2.33. The van der Waals surface area contributed by atoms with Crippen molar-refractivity contribution in [2.75, 3.05) is 13.1 Å². The van der Waals surface area contributed by atoms with Crippen LogP contribution in [0.5, 0.6) is 0 Å². The van der Waals surface area contributed by atoms with E-state index in [0.717, 1.165) is 11.1 Å². The van der Waals surface area contributed by atoms with Gasteiger partial charge in [-0.2, -0.15) is 0 Å². The number of urea groups is 1. The summed E-state index contributed by atoms with van der Waals surface area (Å²) >= 11 is 0. The molecule has 3 amide bonds. The Hall–Kier alpha value is -2.08. The van der Waals surface area contributed by atoms with E-state index in [0.29, 0.717) is 25.9 Å². The number of benzene rings is 1. The van der Waals surface area contributed by atoms with E-state index in [1.54, 1.807) is 4.90 Å². The van der Waals surface area contributed by atoms with Gasteiger partial charge in [0.15, 0.2) is 0 Å². The number of hydrogen-bond donors (Lipinski definition) is 3. The van der Waals surface area contributed by atoms with Crippen molar-refractivity contribution < 1.29 is 9.59 Å². The van der Waals surface area contributed by atoms with Gasteiger partial charge >= 0.3 is 6.03 Å². The minimum absolute atomic E-state index is 0.0437. The van der Waals surface area contributed by atoms with E-state index < -0.39 is 12.1 Å². The predicted molar refractivity (Wildman–Crippen MR) is 80.4 cm³/mol. The largest absolute Gasteiger partial charge is 0.352 e. The van der Waals surface area contributed by atoms with Crippen LogP contribution in [-0.4, -0.2) is 36.0 Å². The van der Waals surface area contributed by atoms with Crippen LogP contribution in [0.1, 0.15) is 30.0 Å². The van der Waals surface area contributed by atoms with Gasteiger partial charge in [0, 0.05) is 19.1 Å². The Morgan fingerprint density at radius 3 is 2.33 bits per heavy atom. The Morgan fingerprint density at radius 2 is 1.81 bits per heavy atom. The Morgan fingerprint density at radius 1 is 1.24 bits per heavy atom. The van der Waals surface area contributed by atoms with Crippen molar-refractivity contribution >= 4 is 11.9 Å². The van der Waals surface area contributed by atoms with Gasteiger partial charge in [0.1, 0.15) is 6.04 Å². The summed E-state index contributed by atoms with van der Waals surface area (Å²) in [4.78, 5) is 25.0. The molecule has 1 aromatic carbocycles. The van der Waals surface area contributed by atoms with Crippen molar-refractivity contribution in [2.45, 2.75) is 31.8 Å². The van der Waals surface area contributed by atoms with E-state index in [4.69, 9.17) is 11.5 Å². The van der Waals surface area contributed by atoms with Crippen LogP contribution in [0.4, 0.5) is 4.79 Å². The molecule has 1 saturated heterocycles. The minimum Gasteiger partial charge on any atom is -0.352 e. The van der Waals surface area contributed by atoms with Crippen molar-refractivity contribution in [2.24, 2.45) is 11.5 Å². The number of nitrogens with two attached hydrogens (primary N) is 2. The quantitative estimate of drug-likeness (QED) is 0.762. The predicted octanol–water partition coefficient (Wildman–Crippen LogP) is 0.654. The number of nitrogens with one attached hydrogen (secondary N) is 1. The molecule has 0 aliphatic carbocycles. The zero-order chi connectivity index (χ0) is 15.4. The van der Waals surface area contributed by atoms with Gasteiger partial charge in [0.25, 0.3) is 0 Å². The van der Waals surface area contributed by atoms with E-state index in [1.807, 2.05) is 31.2 Å². The van der Waals surface area contributed by atoms with Crippen LogP contribution in [0.2, 0.25) is 0 Å². The maximum Gasteiger partial charge on any atom is 0.312 e. The molecule has 1 aromatic rings. The molecule has 21 heavy (non-hydrogen) atoms. The SMILES string of the molecule is Cc1ccc(C(N)C(=O)N2CCC(NC(N)=O)CC2)cc1. The first kappa shape index (κ1) is 15.3. The minimum atomic E-state index is -0.633. The van der Waals surface area contributed by atoms with Crippen molar-refractivity contribution in [3.63, 3.8) is 0 Å². The standard InChI is InChI=1S/C15H22N4O2/c1-10-2-4-11(5-3-10)13(16)14(20)19-8-6-12(7-9-19)18-15(17)21/h2-5,12-13H,6-9,16H2,1H3,(H3,17,18,21). The van der Waals surface area contributed by atoms with E-state index in [-0.39, 0.29) is 11.9 Å². The van der Waals surface area contributed by atoms with Crippen LogP contribution in [0.25, 0.3) is 0 Å². The molecule has 6 heteroatoms. The third kappa shape index (κ3) is 3.95. The van der Waals surface area contributed by atoms with E-state index in [1.165, 1.54) is 0 Å². The number of piperidine rings is 1. The third-order valence-corrected chi connectivity index (χ3v) is 3.86. The Balaban J connectivity index is 1.92. The number of carbonyl (C=O) groups excluding carboxylic acids is 2. The number of primary amides is 1. The zero-order valence-electron chi connectivity index (χ0n) is 12.2. The Labute approximate surface area is 124 Å². The van der Waals surface area contributed by atoms with Crippen LogP contribution in [0.15, 0.2) is 24.3 Å². The average molecular weight is 290 g/mol. The summed E-state index contributed by atoms with van der Waals surface area (Å²) in [6.07, 6.45) is 1.41.